The minimum Gasteiger partial charge on any atom is -0.458 e. The predicted molar refractivity (Wildman–Crippen MR) is 64.3 cm³/mol. The molecule has 16 heavy (non-hydrogen) atoms. The highest BCUT2D eigenvalue weighted by molar-refractivity contribution is 5.82. The van der Waals surface area contributed by atoms with E-state index in [4.69, 9.17) is 4.74 Å². The smallest absolute Gasteiger partial charge is 0.306 e. The first-order valence-corrected chi connectivity index (χ1v) is 6.38. The van der Waals surface area contributed by atoms with Crippen LogP contribution in [-0.4, -0.2) is 18.4 Å². The molecule has 0 radical (unpaired) electrons. The maximum absolute atomic E-state index is 11.2. The lowest BCUT2D eigenvalue weighted by Gasteiger charge is -2.03. The number of esters is 1. The second-order valence-corrected chi connectivity index (χ2v) is 4.07. The Hall–Kier alpha value is -0.860. The van der Waals surface area contributed by atoms with Gasteiger partial charge in [-0.05, 0) is 6.42 Å². The molecule has 0 spiro atoms. The van der Waals surface area contributed by atoms with Crippen molar-refractivity contribution in [3.05, 3.63) is 0 Å². The van der Waals surface area contributed by atoms with Crippen LogP contribution in [-0.2, 0) is 14.3 Å². The van der Waals surface area contributed by atoms with Gasteiger partial charge in [0, 0.05) is 12.8 Å². The van der Waals surface area contributed by atoms with E-state index in [0.29, 0.717) is 12.8 Å². The Bertz CT molecular complexity index is 199. The van der Waals surface area contributed by atoms with Gasteiger partial charge in [-0.25, -0.2) is 0 Å². The number of hydrogen-bond acceptors (Lipinski definition) is 3. The Morgan fingerprint density at radius 3 is 2.19 bits per heavy atom. The molecule has 0 aromatic heterocycles. The molecule has 0 saturated carbocycles. The molecule has 0 amide bonds. The zero-order valence-corrected chi connectivity index (χ0v) is 10.6. The zero-order valence-electron chi connectivity index (χ0n) is 10.6. The van der Waals surface area contributed by atoms with Gasteiger partial charge in [-0.1, -0.05) is 46.0 Å². The summed E-state index contributed by atoms with van der Waals surface area (Å²) in [6.45, 7) is 3.90. The van der Waals surface area contributed by atoms with Crippen LogP contribution in [0.25, 0.3) is 0 Å². The summed E-state index contributed by atoms with van der Waals surface area (Å²) in [6, 6.07) is 0. The Labute approximate surface area is 98.6 Å². The molecule has 0 bridgehead atoms. The molecule has 0 aliphatic heterocycles. The lowest BCUT2D eigenvalue weighted by Crippen LogP contribution is -2.12. The normalized spacial score (nSPS) is 10.1. The van der Waals surface area contributed by atoms with E-state index in [9.17, 15) is 9.59 Å². The van der Waals surface area contributed by atoms with Crippen molar-refractivity contribution in [3.8, 4) is 0 Å². The molecule has 94 valence electrons. The Kier molecular flexibility index (Phi) is 10.1. The second-order valence-electron chi connectivity index (χ2n) is 4.07. The lowest BCUT2D eigenvalue weighted by atomic mass is 10.1. The molecule has 0 saturated heterocycles. The minimum absolute atomic E-state index is 0.0173. The molecular weight excluding hydrogens is 204 g/mol. The number of Topliss-reactive ketones (excluding diaryl/α,β-unsaturated/α-hetero) is 1. The summed E-state index contributed by atoms with van der Waals surface area (Å²) in [5.41, 5.74) is 0. The molecule has 0 aliphatic carbocycles. The fourth-order valence-electron chi connectivity index (χ4n) is 1.38. The lowest BCUT2D eigenvalue weighted by molar-refractivity contribution is -0.148. The molecule has 3 heteroatoms. The van der Waals surface area contributed by atoms with Crippen LogP contribution in [0.2, 0.25) is 0 Å². The van der Waals surface area contributed by atoms with Crippen molar-refractivity contribution in [2.24, 2.45) is 0 Å². The topological polar surface area (TPSA) is 43.4 Å². The molecule has 0 atom stereocenters. The van der Waals surface area contributed by atoms with Crippen molar-refractivity contribution in [2.75, 3.05) is 6.61 Å². The third-order valence-corrected chi connectivity index (χ3v) is 2.52. The third kappa shape index (κ3) is 9.69. The average Bonchev–Trinajstić information content (AvgIpc) is 2.30. The summed E-state index contributed by atoms with van der Waals surface area (Å²) >= 11 is 0. The molecule has 0 aromatic rings. The summed E-state index contributed by atoms with van der Waals surface area (Å²) < 4.78 is 4.83. The van der Waals surface area contributed by atoms with Crippen LogP contribution in [0.5, 0.6) is 0 Å². The van der Waals surface area contributed by atoms with Crippen LogP contribution >= 0.6 is 0 Å². The number of rotatable bonds is 10. The largest absolute Gasteiger partial charge is 0.458 e. The zero-order chi connectivity index (χ0) is 12.2. The molecule has 0 rings (SSSR count). The van der Waals surface area contributed by atoms with E-state index in [-0.39, 0.29) is 18.4 Å². The van der Waals surface area contributed by atoms with Crippen LogP contribution in [0.15, 0.2) is 0 Å². The second kappa shape index (κ2) is 10.7. The van der Waals surface area contributed by atoms with Gasteiger partial charge < -0.3 is 4.74 Å². The monoisotopic (exact) mass is 228 g/mol. The Morgan fingerprint density at radius 2 is 1.56 bits per heavy atom. The van der Waals surface area contributed by atoms with E-state index in [2.05, 4.69) is 6.92 Å². The molecule has 0 N–H and O–H groups in total. The van der Waals surface area contributed by atoms with Crippen LogP contribution in [0, 0.1) is 0 Å². The van der Waals surface area contributed by atoms with E-state index < -0.39 is 0 Å². The van der Waals surface area contributed by atoms with E-state index in [1.807, 2.05) is 0 Å². The molecule has 0 unspecified atom stereocenters. The third-order valence-electron chi connectivity index (χ3n) is 2.52. The summed E-state index contributed by atoms with van der Waals surface area (Å²) in [5, 5.41) is 0. The molecule has 0 heterocycles. The highest BCUT2D eigenvalue weighted by Crippen LogP contribution is 2.07. The van der Waals surface area contributed by atoms with Crippen molar-refractivity contribution < 1.29 is 14.3 Å². The van der Waals surface area contributed by atoms with Gasteiger partial charge in [0.25, 0.3) is 0 Å². The van der Waals surface area contributed by atoms with E-state index >= 15 is 0 Å². The fraction of sp³-hybridized carbons (Fsp3) is 0.846. The Morgan fingerprint density at radius 1 is 0.938 bits per heavy atom. The van der Waals surface area contributed by atoms with Crippen molar-refractivity contribution >= 4 is 11.8 Å². The number of carbonyl (C=O) groups is 2. The van der Waals surface area contributed by atoms with Crippen molar-refractivity contribution in [2.45, 2.75) is 65.2 Å². The number of hydrogen-bond donors (Lipinski definition) is 0. The summed E-state index contributed by atoms with van der Waals surface area (Å²) in [7, 11) is 0. The van der Waals surface area contributed by atoms with Gasteiger partial charge in [-0.2, -0.15) is 0 Å². The van der Waals surface area contributed by atoms with Crippen LogP contribution in [0.3, 0.4) is 0 Å². The van der Waals surface area contributed by atoms with Crippen molar-refractivity contribution in [3.63, 3.8) is 0 Å². The maximum Gasteiger partial charge on any atom is 0.306 e. The van der Waals surface area contributed by atoms with Gasteiger partial charge in [0.1, 0.15) is 6.61 Å². The number of carbonyl (C=O) groups excluding carboxylic acids is 2. The van der Waals surface area contributed by atoms with Gasteiger partial charge in [0.2, 0.25) is 0 Å². The molecule has 0 fully saturated rings. The highest BCUT2D eigenvalue weighted by atomic mass is 16.5. The first kappa shape index (κ1) is 15.1. The molecular formula is C13H24O3. The SMILES string of the molecule is CCCCCCCCC(=O)OCC(=O)CC. The summed E-state index contributed by atoms with van der Waals surface area (Å²) in [5.74, 6) is -0.256. The fourth-order valence-corrected chi connectivity index (χ4v) is 1.38. The average molecular weight is 228 g/mol. The minimum atomic E-state index is -0.239. The van der Waals surface area contributed by atoms with Crippen LogP contribution < -0.4 is 0 Å². The predicted octanol–water partition coefficient (Wildman–Crippen LogP) is 3.26. The summed E-state index contributed by atoms with van der Waals surface area (Å²) in [6.07, 6.45) is 7.79. The first-order chi connectivity index (χ1) is 7.70. The van der Waals surface area contributed by atoms with Gasteiger partial charge in [-0.3, -0.25) is 9.59 Å². The maximum atomic E-state index is 11.2. The number of ether oxygens (including phenoxy) is 1. The highest BCUT2D eigenvalue weighted by Gasteiger charge is 2.05. The Balaban J connectivity index is 3.27. The number of unbranched alkanes of at least 4 members (excludes halogenated alkanes) is 5. The van der Waals surface area contributed by atoms with Crippen LogP contribution in [0.4, 0.5) is 0 Å². The van der Waals surface area contributed by atoms with Gasteiger partial charge in [0.05, 0.1) is 0 Å². The summed E-state index contributed by atoms with van der Waals surface area (Å²) in [4.78, 5) is 22.1. The van der Waals surface area contributed by atoms with Crippen molar-refractivity contribution in [1.29, 1.82) is 0 Å². The first-order valence-electron chi connectivity index (χ1n) is 6.38. The van der Waals surface area contributed by atoms with Gasteiger partial charge >= 0.3 is 5.97 Å². The molecule has 0 aromatic carbocycles. The quantitative estimate of drug-likeness (QED) is 0.426. The van der Waals surface area contributed by atoms with E-state index in [1.165, 1.54) is 25.7 Å². The van der Waals surface area contributed by atoms with Crippen LogP contribution in [0.1, 0.15) is 65.2 Å². The van der Waals surface area contributed by atoms with E-state index in [0.717, 1.165) is 12.8 Å². The molecule has 0 aliphatic rings. The standard InChI is InChI=1S/C13H24O3/c1-3-5-6-7-8-9-10-13(15)16-11-12(14)4-2/h3-11H2,1-2H3. The van der Waals surface area contributed by atoms with Crippen molar-refractivity contribution in [1.82, 2.24) is 0 Å². The number of ketones is 1. The van der Waals surface area contributed by atoms with Gasteiger partial charge in [0.15, 0.2) is 5.78 Å². The van der Waals surface area contributed by atoms with Gasteiger partial charge in [-0.15, -0.1) is 0 Å². The van der Waals surface area contributed by atoms with E-state index in [1.54, 1.807) is 6.92 Å². The molecule has 3 nitrogen and oxygen atoms in total.